The van der Waals surface area contributed by atoms with Gasteiger partial charge in [-0.25, -0.2) is 4.98 Å². The van der Waals surface area contributed by atoms with E-state index in [-0.39, 0.29) is 5.69 Å². The molecule has 1 rings (SSSR count). The number of amides is 1. The van der Waals surface area contributed by atoms with Gasteiger partial charge in [-0.2, -0.15) is 17.6 Å². The minimum atomic E-state index is -4.33. The Bertz CT molecular complexity index is 378. The van der Waals surface area contributed by atoms with Crippen molar-refractivity contribution in [2.45, 2.75) is 12.6 Å². The van der Waals surface area contributed by atoms with Gasteiger partial charge in [0.1, 0.15) is 5.69 Å². The summed E-state index contributed by atoms with van der Waals surface area (Å²) in [5, 5.41) is 1.99. The number of rotatable bonds is 3. The summed E-state index contributed by atoms with van der Waals surface area (Å²) >= 11 is 0. The highest BCUT2D eigenvalue weighted by atomic mass is 19.4. The van der Waals surface area contributed by atoms with E-state index in [4.69, 9.17) is 0 Å². The van der Waals surface area contributed by atoms with Gasteiger partial charge in [0.2, 0.25) is 5.95 Å². The third-order valence-corrected chi connectivity index (χ3v) is 1.64. The van der Waals surface area contributed by atoms with Gasteiger partial charge in [0.15, 0.2) is 0 Å². The lowest BCUT2D eigenvalue weighted by molar-refractivity contribution is -0.132. The average Bonchev–Trinajstić information content (AvgIpc) is 2.15. The summed E-state index contributed by atoms with van der Waals surface area (Å²) < 4.78 is 47.8. The molecule has 0 spiro atoms. The maximum atomic E-state index is 12.6. The van der Waals surface area contributed by atoms with Crippen LogP contribution in [0.25, 0.3) is 0 Å². The molecule has 0 radical (unpaired) electrons. The van der Waals surface area contributed by atoms with Crippen molar-refractivity contribution in [3.63, 3.8) is 0 Å². The third-order valence-electron chi connectivity index (χ3n) is 1.64. The summed E-state index contributed by atoms with van der Waals surface area (Å²) in [5.41, 5.74) is -0.248. The van der Waals surface area contributed by atoms with E-state index in [1.165, 1.54) is 12.1 Å². The van der Waals surface area contributed by atoms with Crippen LogP contribution in [-0.4, -0.2) is 23.6 Å². The van der Waals surface area contributed by atoms with Crippen molar-refractivity contribution >= 4 is 5.91 Å². The Morgan fingerprint density at radius 1 is 1.38 bits per heavy atom. The van der Waals surface area contributed by atoms with Crippen LogP contribution in [0.1, 0.15) is 16.9 Å². The van der Waals surface area contributed by atoms with Crippen molar-refractivity contribution in [1.82, 2.24) is 10.3 Å². The number of carbonyl (C=O) groups excluding carboxylic acids is 1. The summed E-state index contributed by atoms with van der Waals surface area (Å²) in [6.45, 7) is -0.555. The number of aromatic nitrogens is 1. The van der Waals surface area contributed by atoms with Crippen LogP contribution in [0.4, 0.5) is 17.6 Å². The molecule has 0 aromatic carbocycles. The van der Waals surface area contributed by atoms with Gasteiger partial charge in [0.25, 0.3) is 5.91 Å². The van der Waals surface area contributed by atoms with Crippen LogP contribution in [-0.2, 0) is 0 Å². The van der Waals surface area contributed by atoms with Gasteiger partial charge in [-0.05, 0) is 12.1 Å². The molecule has 1 amide bonds. The van der Waals surface area contributed by atoms with Gasteiger partial charge in [-0.1, -0.05) is 6.07 Å². The smallest absolute Gasteiger partial charge is 0.350 e. The molecule has 0 atom stereocenters. The van der Waals surface area contributed by atoms with Crippen molar-refractivity contribution in [2.24, 2.45) is 0 Å². The van der Waals surface area contributed by atoms with Gasteiger partial charge in [-0.3, -0.25) is 4.79 Å². The van der Waals surface area contributed by atoms with Gasteiger partial charge < -0.3 is 5.32 Å². The number of hydrogen-bond donors (Lipinski definition) is 1. The number of alkyl halides is 3. The molecular weight excluding hydrogens is 228 g/mol. The largest absolute Gasteiger partial charge is 0.390 e. The molecule has 0 bridgehead atoms. The lowest BCUT2D eigenvalue weighted by atomic mass is 10.3. The molecule has 88 valence electrons. The fourth-order valence-electron chi connectivity index (χ4n) is 0.943. The Kier molecular flexibility index (Phi) is 3.81. The first-order chi connectivity index (χ1) is 7.38. The summed E-state index contributed by atoms with van der Waals surface area (Å²) in [6.07, 6.45) is -5.46. The maximum Gasteiger partial charge on any atom is 0.390 e. The second kappa shape index (κ2) is 4.91. The van der Waals surface area contributed by atoms with Crippen molar-refractivity contribution in [3.8, 4) is 0 Å². The number of pyridine rings is 1. The van der Waals surface area contributed by atoms with E-state index in [9.17, 15) is 22.4 Å². The molecule has 0 unspecified atom stereocenters. The topological polar surface area (TPSA) is 42.0 Å². The van der Waals surface area contributed by atoms with E-state index in [1.807, 2.05) is 5.32 Å². The highest BCUT2D eigenvalue weighted by molar-refractivity contribution is 5.92. The van der Waals surface area contributed by atoms with E-state index < -0.39 is 31.0 Å². The second-order valence-corrected chi connectivity index (χ2v) is 2.97. The SMILES string of the molecule is O=C(NCCC(F)(F)F)c1cccc(F)n1. The Morgan fingerprint density at radius 2 is 2.06 bits per heavy atom. The number of nitrogens with zero attached hydrogens (tertiary/aromatic N) is 1. The molecule has 1 aromatic heterocycles. The minimum Gasteiger partial charge on any atom is -0.350 e. The van der Waals surface area contributed by atoms with Crippen LogP contribution < -0.4 is 5.32 Å². The predicted octanol–water partition coefficient (Wildman–Crippen LogP) is 1.90. The van der Waals surface area contributed by atoms with E-state index in [1.54, 1.807) is 0 Å². The van der Waals surface area contributed by atoms with Crippen molar-refractivity contribution in [1.29, 1.82) is 0 Å². The molecule has 1 N–H and O–H groups in total. The van der Waals surface area contributed by atoms with E-state index in [0.717, 1.165) is 6.07 Å². The molecule has 0 saturated heterocycles. The third kappa shape index (κ3) is 4.24. The quantitative estimate of drug-likeness (QED) is 0.643. The molecule has 0 saturated carbocycles. The average molecular weight is 236 g/mol. The van der Waals surface area contributed by atoms with E-state index in [2.05, 4.69) is 4.98 Å². The van der Waals surface area contributed by atoms with Crippen LogP contribution >= 0.6 is 0 Å². The Morgan fingerprint density at radius 3 is 2.62 bits per heavy atom. The highest BCUT2D eigenvalue weighted by Crippen LogP contribution is 2.18. The predicted molar refractivity (Wildman–Crippen MR) is 47.2 cm³/mol. The molecule has 0 fully saturated rings. The Labute approximate surface area is 88.5 Å². The van der Waals surface area contributed by atoms with Crippen LogP contribution in [0.3, 0.4) is 0 Å². The monoisotopic (exact) mass is 236 g/mol. The minimum absolute atomic E-state index is 0.248. The zero-order valence-corrected chi connectivity index (χ0v) is 8.01. The molecule has 7 heteroatoms. The maximum absolute atomic E-state index is 12.6. The summed E-state index contributed by atoms with van der Waals surface area (Å²) in [7, 11) is 0. The molecule has 3 nitrogen and oxygen atoms in total. The van der Waals surface area contributed by atoms with Crippen LogP contribution in [0.15, 0.2) is 18.2 Å². The van der Waals surface area contributed by atoms with Crippen molar-refractivity contribution in [3.05, 3.63) is 29.8 Å². The molecule has 0 aliphatic heterocycles. The fourth-order valence-corrected chi connectivity index (χ4v) is 0.943. The highest BCUT2D eigenvalue weighted by Gasteiger charge is 2.26. The second-order valence-electron chi connectivity index (χ2n) is 2.97. The molecule has 1 heterocycles. The van der Waals surface area contributed by atoms with E-state index in [0.29, 0.717) is 0 Å². The zero-order valence-electron chi connectivity index (χ0n) is 8.01. The molecule has 0 aliphatic rings. The fraction of sp³-hybridized carbons (Fsp3) is 0.333. The first-order valence-corrected chi connectivity index (χ1v) is 4.36. The molecule has 1 aromatic rings. The lowest BCUT2D eigenvalue weighted by Gasteiger charge is -2.07. The number of nitrogens with one attached hydrogen (secondary N) is 1. The zero-order chi connectivity index (χ0) is 12.2. The Balaban J connectivity index is 2.47. The number of halogens is 4. The van der Waals surface area contributed by atoms with Gasteiger partial charge >= 0.3 is 6.18 Å². The van der Waals surface area contributed by atoms with Crippen LogP contribution in [0.5, 0.6) is 0 Å². The lowest BCUT2D eigenvalue weighted by Crippen LogP contribution is -2.28. The summed E-state index contributed by atoms with van der Waals surface area (Å²) in [6, 6.07) is 3.50. The molecule has 0 aliphatic carbocycles. The summed E-state index contributed by atoms with van der Waals surface area (Å²) in [4.78, 5) is 14.4. The number of carbonyl (C=O) groups is 1. The Hall–Kier alpha value is -1.66. The van der Waals surface area contributed by atoms with Crippen molar-refractivity contribution < 1.29 is 22.4 Å². The van der Waals surface area contributed by atoms with Gasteiger partial charge in [0, 0.05) is 6.54 Å². The van der Waals surface area contributed by atoms with Gasteiger partial charge in [-0.15, -0.1) is 0 Å². The molecular formula is C9H8F4N2O. The van der Waals surface area contributed by atoms with Crippen LogP contribution in [0.2, 0.25) is 0 Å². The van der Waals surface area contributed by atoms with E-state index >= 15 is 0 Å². The van der Waals surface area contributed by atoms with Crippen molar-refractivity contribution in [2.75, 3.05) is 6.54 Å². The standard InChI is InChI=1S/C9H8F4N2O/c10-7-3-1-2-6(15-7)8(16)14-5-4-9(11,12)13/h1-3H,4-5H2,(H,14,16). The van der Waals surface area contributed by atoms with Crippen LogP contribution in [0, 0.1) is 5.95 Å². The number of hydrogen-bond acceptors (Lipinski definition) is 2. The normalized spacial score (nSPS) is 11.2. The summed E-state index contributed by atoms with van der Waals surface area (Å²) in [5.74, 6) is -1.69. The molecule has 16 heavy (non-hydrogen) atoms. The van der Waals surface area contributed by atoms with Gasteiger partial charge in [0.05, 0.1) is 6.42 Å². The first-order valence-electron chi connectivity index (χ1n) is 4.36. The first kappa shape index (κ1) is 12.4.